The molecule has 2 N–H and O–H groups in total. The number of methoxy groups -OCH3 is 1. The minimum Gasteiger partial charge on any atom is -0.510 e. The highest BCUT2D eigenvalue weighted by Gasteiger charge is 2.49. The van der Waals surface area contributed by atoms with Crippen LogP contribution in [0, 0.1) is 35.5 Å². The Balaban J connectivity index is 1.22. The molecule has 0 radical (unpaired) electrons. The zero-order valence-corrected chi connectivity index (χ0v) is 40.0. The van der Waals surface area contributed by atoms with Crippen molar-refractivity contribution in [3.63, 3.8) is 0 Å². The Bertz CT molecular complexity index is 2280. The number of hydrogen-bond donors (Lipinski definition) is 2. The van der Waals surface area contributed by atoms with E-state index in [1.807, 2.05) is 38.2 Å². The molecule has 1 saturated heterocycles. The second kappa shape index (κ2) is 20.6. The number of aliphatic hydroxyl groups is 1. The highest BCUT2D eigenvalue weighted by atomic mass is 16.5. The molecule has 0 spiro atoms. The molecule has 9 heteroatoms. The Labute approximate surface area is 377 Å². The summed E-state index contributed by atoms with van der Waals surface area (Å²) in [6.07, 6.45) is 21.3. The first-order valence-corrected chi connectivity index (χ1v) is 23.6. The number of carbonyl (C=O) groups excluding carboxylic acids is 2. The molecule has 6 aliphatic rings. The van der Waals surface area contributed by atoms with E-state index in [9.17, 15) is 14.7 Å². The van der Waals surface area contributed by atoms with Gasteiger partial charge in [-0.25, -0.2) is 15.0 Å². The first-order valence-electron chi connectivity index (χ1n) is 23.6. The lowest BCUT2D eigenvalue weighted by atomic mass is 9.84. The normalized spacial score (nSPS) is 22.9. The smallest absolute Gasteiger partial charge is 0.321 e. The van der Waals surface area contributed by atoms with Crippen LogP contribution in [0.4, 0.5) is 0 Å². The van der Waals surface area contributed by atoms with E-state index in [-0.39, 0.29) is 36.6 Å². The maximum atomic E-state index is 13.6. The van der Waals surface area contributed by atoms with Crippen LogP contribution in [0.15, 0.2) is 131 Å². The number of ether oxygens (including phenoxy) is 2. The number of nitrogens with zero attached hydrogens (tertiary/aromatic N) is 3. The summed E-state index contributed by atoms with van der Waals surface area (Å²) in [6, 6.07) is 0. The predicted octanol–water partition coefficient (Wildman–Crippen LogP) is 12.6. The Kier molecular flexibility index (Phi) is 15.5. The van der Waals surface area contributed by atoms with Crippen molar-refractivity contribution in [1.29, 1.82) is 0 Å². The zero-order chi connectivity index (χ0) is 45.7. The number of nitrogens with one attached hydrogen (secondary N) is 1. The minimum atomic E-state index is -1.08. The SMILES string of the molecule is C=CC1=C(C)C2=NC1=CC1=NC(=CC3=C(C)C4=C(O)[C@@H](C(=O)OC)C(=C5NC(=C2)[C@H](C)[C@H]5CCC(=O)OCC=C(C)CCC[C@H](C)CCC[C@H](C)CCC(C)C)C4=N3)C(CC)=C1C. The third kappa shape index (κ3) is 10.3. The van der Waals surface area contributed by atoms with Crippen LogP contribution >= 0.6 is 0 Å². The van der Waals surface area contributed by atoms with Crippen LogP contribution in [0.25, 0.3) is 0 Å². The van der Waals surface area contributed by atoms with Crippen molar-refractivity contribution < 1.29 is 24.2 Å². The molecule has 1 fully saturated rings. The molecule has 5 heterocycles. The maximum Gasteiger partial charge on any atom is 0.321 e. The number of rotatable bonds is 19. The summed E-state index contributed by atoms with van der Waals surface area (Å²) in [5.74, 6) is -0.0394. The second-order valence-corrected chi connectivity index (χ2v) is 19.2. The molecule has 0 aromatic rings. The second-order valence-electron chi connectivity index (χ2n) is 19.2. The lowest BCUT2D eigenvalue weighted by Gasteiger charge is -2.20. The van der Waals surface area contributed by atoms with Crippen molar-refractivity contribution in [2.45, 2.75) is 140 Å². The van der Waals surface area contributed by atoms with Gasteiger partial charge in [0.2, 0.25) is 0 Å². The third-order valence-electron chi connectivity index (χ3n) is 14.1. The third-order valence-corrected chi connectivity index (χ3v) is 14.1. The molecule has 5 aliphatic heterocycles. The van der Waals surface area contributed by atoms with Gasteiger partial charge >= 0.3 is 11.9 Å². The molecule has 0 amide bonds. The molecule has 0 saturated carbocycles. The van der Waals surface area contributed by atoms with Gasteiger partial charge < -0.3 is 19.9 Å². The van der Waals surface area contributed by atoms with Gasteiger partial charge in [-0.1, -0.05) is 98.3 Å². The molecule has 0 unspecified atom stereocenters. The minimum absolute atomic E-state index is 0.0841. The molecular formula is C54H72N4O5. The van der Waals surface area contributed by atoms with Crippen LogP contribution in [0.1, 0.15) is 140 Å². The maximum absolute atomic E-state index is 13.6. The molecule has 9 nitrogen and oxygen atoms in total. The number of carbonyl (C=O) groups is 2. The monoisotopic (exact) mass is 857 g/mol. The number of esters is 2. The van der Waals surface area contributed by atoms with Crippen LogP contribution in [-0.2, 0) is 19.1 Å². The summed E-state index contributed by atoms with van der Waals surface area (Å²) in [6.45, 7) is 26.2. The van der Waals surface area contributed by atoms with Crippen LogP contribution in [0.5, 0.6) is 0 Å². The van der Waals surface area contributed by atoms with Crippen LogP contribution in [0.2, 0.25) is 0 Å². The lowest BCUT2D eigenvalue weighted by molar-refractivity contribution is -0.144. The molecule has 8 bridgehead atoms. The number of aliphatic hydroxyl groups excluding tert-OH is 1. The fourth-order valence-electron chi connectivity index (χ4n) is 9.95. The van der Waals surface area contributed by atoms with Gasteiger partial charge in [-0.05, 0) is 118 Å². The van der Waals surface area contributed by atoms with E-state index in [2.05, 4.69) is 73.4 Å². The number of hydrogen-bond acceptors (Lipinski definition) is 9. The van der Waals surface area contributed by atoms with Crippen molar-refractivity contribution in [3.05, 3.63) is 116 Å². The van der Waals surface area contributed by atoms with Crippen molar-refractivity contribution >= 4 is 29.1 Å². The quantitative estimate of drug-likeness (QED) is 0.0985. The van der Waals surface area contributed by atoms with E-state index >= 15 is 0 Å². The Morgan fingerprint density at radius 2 is 1.57 bits per heavy atom. The van der Waals surface area contributed by atoms with E-state index in [0.29, 0.717) is 29.0 Å². The van der Waals surface area contributed by atoms with Gasteiger partial charge in [0.15, 0.2) is 0 Å². The van der Waals surface area contributed by atoms with Crippen LogP contribution < -0.4 is 5.32 Å². The number of allylic oxidation sites excluding steroid dienone is 12. The van der Waals surface area contributed by atoms with Crippen molar-refractivity contribution in [2.24, 2.45) is 50.5 Å². The lowest BCUT2D eigenvalue weighted by Crippen LogP contribution is -2.25. The van der Waals surface area contributed by atoms with Crippen molar-refractivity contribution in [1.82, 2.24) is 5.32 Å². The first-order chi connectivity index (χ1) is 30.1. The fraction of sp³-hybridized carbons (Fsp3) is 0.537. The molecule has 63 heavy (non-hydrogen) atoms. The molecule has 6 rings (SSSR count). The Hall–Kier alpha value is -5.05. The molecule has 5 atom stereocenters. The van der Waals surface area contributed by atoms with E-state index in [1.54, 1.807) is 0 Å². The number of aliphatic imine (C=N–C) groups is 3. The van der Waals surface area contributed by atoms with Gasteiger partial charge in [0.25, 0.3) is 0 Å². The van der Waals surface area contributed by atoms with Crippen LogP contribution in [0.3, 0.4) is 0 Å². The Morgan fingerprint density at radius 1 is 0.889 bits per heavy atom. The summed E-state index contributed by atoms with van der Waals surface area (Å²) in [5, 5.41) is 15.6. The van der Waals surface area contributed by atoms with Gasteiger partial charge in [0.05, 0.1) is 41.3 Å². The van der Waals surface area contributed by atoms with Crippen molar-refractivity contribution in [3.8, 4) is 0 Å². The topological polar surface area (TPSA) is 122 Å². The summed E-state index contributed by atoms with van der Waals surface area (Å²) in [7, 11) is 1.33. The van der Waals surface area contributed by atoms with Gasteiger partial charge in [-0.15, -0.1) is 0 Å². The average Bonchev–Trinajstić information content (AvgIpc) is 3.99. The molecule has 0 aromatic carbocycles. The summed E-state index contributed by atoms with van der Waals surface area (Å²) >= 11 is 0. The van der Waals surface area contributed by atoms with Gasteiger partial charge in [0, 0.05) is 46.4 Å². The summed E-state index contributed by atoms with van der Waals surface area (Å²) < 4.78 is 11.1. The van der Waals surface area contributed by atoms with Crippen LogP contribution in [-0.4, -0.2) is 47.9 Å². The van der Waals surface area contributed by atoms with E-state index in [0.717, 1.165) is 99.1 Å². The molecular weight excluding hydrogens is 785 g/mol. The zero-order valence-electron chi connectivity index (χ0n) is 40.0. The molecule has 1 aliphatic carbocycles. The van der Waals surface area contributed by atoms with Gasteiger partial charge in [-0.2, -0.15) is 0 Å². The largest absolute Gasteiger partial charge is 0.510 e. The van der Waals surface area contributed by atoms with Gasteiger partial charge in [0.1, 0.15) is 18.3 Å². The summed E-state index contributed by atoms with van der Waals surface area (Å²) in [4.78, 5) is 42.4. The Morgan fingerprint density at radius 3 is 2.25 bits per heavy atom. The van der Waals surface area contributed by atoms with E-state index in [4.69, 9.17) is 24.5 Å². The summed E-state index contributed by atoms with van der Waals surface area (Å²) in [5.41, 5.74) is 13.3. The number of fused-ring (bicyclic) bond motifs is 5. The highest BCUT2D eigenvalue weighted by molar-refractivity contribution is 6.24. The predicted molar refractivity (Wildman–Crippen MR) is 257 cm³/mol. The fourth-order valence-corrected chi connectivity index (χ4v) is 9.95. The van der Waals surface area contributed by atoms with Gasteiger partial charge in [-0.3, -0.25) is 9.59 Å². The standard InChI is InChI=1S/C54H72N4O5/c1-13-38-34(8)41-27-43-36(10)40(23-24-47(59)63-26-25-33(7)20-16-18-31(5)17-15-19-32(6)22-21-30(3)4)51(57-43)49-50(54(61)62-12)53(60)48-37(11)44(58-52(48)49)29-46-39(14-2)35(9)42(56-46)28-45(38)55-41/h13,25,27-32,36,40,50,57,60H,1,14-24,26H2,2-12H3/t31-,32+,36-,40-,50+/m1/s1. The first kappa shape index (κ1) is 47.4. The molecule has 0 aromatic heterocycles. The van der Waals surface area contributed by atoms with Crippen molar-refractivity contribution in [2.75, 3.05) is 13.7 Å². The van der Waals surface area contributed by atoms with E-state index < -0.39 is 11.9 Å². The highest BCUT2D eigenvalue weighted by Crippen LogP contribution is 2.49. The average molecular weight is 857 g/mol. The molecule has 338 valence electrons. The van der Waals surface area contributed by atoms with E-state index in [1.165, 1.54) is 51.2 Å².